The second kappa shape index (κ2) is 7.24. The van der Waals surface area contributed by atoms with Crippen molar-refractivity contribution in [1.29, 1.82) is 0 Å². The fourth-order valence-electron chi connectivity index (χ4n) is 3.57. The molecule has 0 unspecified atom stereocenters. The van der Waals surface area contributed by atoms with Gasteiger partial charge in [-0.3, -0.25) is 9.59 Å². The van der Waals surface area contributed by atoms with Crippen LogP contribution in [0.1, 0.15) is 11.3 Å². The minimum Gasteiger partial charge on any atom is -0.306 e. The molecule has 0 amide bonds. The molecule has 0 aliphatic carbocycles. The highest BCUT2D eigenvalue weighted by atomic mass is 19.1. The van der Waals surface area contributed by atoms with Gasteiger partial charge in [0.25, 0.3) is 11.1 Å². The van der Waals surface area contributed by atoms with Crippen molar-refractivity contribution in [3.63, 3.8) is 0 Å². The van der Waals surface area contributed by atoms with Crippen LogP contribution in [0.5, 0.6) is 0 Å². The molecule has 2 N–H and O–H groups in total. The summed E-state index contributed by atoms with van der Waals surface area (Å²) in [6, 6.07) is 15.2. The van der Waals surface area contributed by atoms with E-state index in [1.807, 2.05) is 0 Å². The van der Waals surface area contributed by atoms with E-state index >= 15 is 0 Å². The third kappa shape index (κ3) is 3.38. The quantitative estimate of drug-likeness (QED) is 0.469. The van der Waals surface area contributed by atoms with Crippen molar-refractivity contribution in [3.8, 4) is 11.4 Å². The van der Waals surface area contributed by atoms with Gasteiger partial charge in [-0.2, -0.15) is 5.10 Å². The first-order valence-corrected chi connectivity index (χ1v) is 9.44. The maximum absolute atomic E-state index is 14.9. The minimum atomic E-state index is -0.536. The zero-order chi connectivity index (χ0) is 21.5. The highest BCUT2D eigenvalue weighted by Gasteiger charge is 2.13. The van der Waals surface area contributed by atoms with Crippen molar-refractivity contribution in [1.82, 2.24) is 20.2 Å². The third-order valence-electron chi connectivity index (χ3n) is 5.13. The van der Waals surface area contributed by atoms with Crippen LogP contribution < -0.4 is 11.1 Å². The van der Waals surface area contributed by atoms with Crippen LogP contribution in [0.15, 0.2) is 70.3 Å². The second-order valence-corrected chi connectivity index (χ2v) is 7.10. The predicted molar refractivity (Wildman–Crippen MR) is 113 cm³/mol. The molecule has 31 heavy (non-hydrogen) atoms. The molecule has 0 bridgehead atoms. The number of H-pyrrole nitrogens is 2. The number of halogens is 2. The Balaban J connectivity index is 1.54. The molecule has 3 aromatic carbocycles. The number of hydrogen-bond donors (Lipinski definition) is 2. The lowest BCUT2D eigenvalue weighted by Gasteiger charge is -2.08. The predicted octanol–water partition coefficient (Wildman–Crippen LogP) is 3.70. The molecule has 5 aromatic rings. The molecule has 2 aromatic heterocycles. The van der Waals surface area contributed by atoms with Gasteiger partial charge in [0.2, 0.25) is 0 Å². The van der Waals surface area contributed by atoms with Gasteiger partial charge in [-0.25, -0.2) is 18.9 Å². The van der Waals surface area contributed by atoms with Crippen molar-refractivity contribution in [2.24, 2.45) is 0 Å². The Morgan fingerprint density at radius 2 is 1.65 bits per heavy atom. The van der Waals surface area contributed by atoms with E-state index in [1.54, 1.807) is 36.4 Å². The molecule has 0 atom stereocenters. The van der Waals surface area contributed by atoms with Crippen LogP contribution >= 0.6 is 0 Å². The molecule has 0 aliphatic heterocycles. The number of nitrogens with one attached hydrogen (secondary N) is 2. The molecule has 8 heteroatoms. The van der Waals surface area contributed by atoms with Crippen molar-refractivity contribution < 1.29 is 8.78 Å². The summed E-state index contributed by atoms with van der Waals surface area (Å²) in [5.41, 5.74) is 0.798. The first kappa shape index (κ1) is 18.8. The van der Waals surface area contributed by atoms with Gasteiger partial charge in [0.05, 0.1) is 22.0 Å². The number of rotatable bonds is 3. The van der Waals surface area contributed by atoms with E-state index in [4.69, 9.17) is 0 Å². The Bertz CT molecular complexity index is 1590. The maximum Gasteiger partial charge on any atom is 0.272 e. The van der Waals surface area contributed by atoms with Crippen LogP contribution in [-0.2, 0) is 6.42 Å². The summed E-state index contributed by atoms with van der Waals surface area (Å²) in [4.78, 5) is 31.1. The number of aromatic nitrogens is 4. The van der Waals surface area contributed by atoms with Gasteiger partial charge in [0.15, 0.2) is 0 Å². The van der Waals surface area contributed by atoms with E-state index in [1.165, 1.54) is 18.2 Å². The van der Waals surface area contributed by atoms with Gasteiger partial charge in [-0.05, 0) is 35.9 Å². The Morgan fingerprint density at radius 3 is 2.45 bits per heavy atom. The minimum absolute atomic E-state index is 0.122. The van der Waals surface area contributed by atoms with Gasteiger partial charge in [-0.15, -0.1) is 0 Å². The van der Waals surface area contributed by atoms with Gasteiger partial charge in [0, 0.05) is 17.4 Å². The van der Waals surface area contributed by atoms with E-state index in [2.05, 4.69) is 20.2 Å². The van der Waals surface area contributed by atoms with Gasteiger partial charge in [-0.1, -0.05) is 30.3 Å². The van der Waals surface area contributed by atoms with Crippen LogP contribution in [0.25, 0.3) is 33.1 Å². The van der Waals surface area contributed by atoms with E-state index in [9.17, 15) is 18.4 Å². The third-order valence-corrected chi connectivity index (χ3v) is 5.13. The van der Waals surface area contributed by atoms with Gasteiger partial charge in [0.1, 0.15) is 17.5 Å². The van der Waals surface area contributed by atoms with Crippen LogP contribution in [0, 0.1) is 11.6 Å². The summed E-state index contributed by atoms with van der Waals surface area (Å²) in [7, 11) is 0. The Kier molecular flexibility index (Phi) is 4.39. The van der Waals surface area contributed by atoms with Crippen molar-refractivity contribution in [2.75, 3.05) is 0 Å². The van der Waals surface area contributed by atoms with Gasteiger partial charge < -0.3 is 4.98 Å². The Morgan fingerprint density at radius 1 is 0.839 bits per heavy atom. The number of benzene rings is 3. The average Bonchev–Trinajstić information content (AvgIpc) is 2.77. The van der Waals surface area contributed by atoms with Crippen LogP contribution in [-0.4, -0.2) is 20.2 Å². The van der Waals surface area contributed by atoms with E-state index in [0.717, 1.165) is 6.07 Å². The molecule has 152 valence electrons. The lowest BCUT2D eigenvalue weighted by atomic mass is 10.0. The van der Waals surface area contributed by atoms with E-state index < -0.39 is 17.2 Å². The fourth-order valence-corrected chi connectivity index (χ4v) is 3.57. The molecule has 0 saturated carbocycles. The molecule has 0 spiro atoms. The van der Waals surface area contributed by atoms with E-state index in [-0.39, 0.29) is 23.2 Å². The summed E-state index contributed by atoms with van der Waals surface area (Å²) in [6.07, 6.45) is 0.171. The number of aromatic amines is 2. The molecule has 0 radical (unpaired) electrons. The van der Waals surface area contributed by atoms with Crippen molar-refractivity contribution >= 4 is 21.7 Å². The first-order chi connectivity index (χ1) is 15.0. The summed E-state index contributed by atoms with van der Waals surface area (Å²) < 4.78 is 28.3. The Labute approximate surface area is 173 Å². The van der Waals surface area contributed by atoms with Crippen LogP contribution in [0.2, 0.25) is 0 Å². The number of nitrogens with zero attached hydrogens (tertiary/aromatic N) is 2. The van der Waals surface area contributed by atoms with Crippen LogP contribution in [0.3, 0.4) is 0 Å². The smallest absolute Gasteiger partial charge is 0.272 e. The van der Waals surface area contributed by atoms with Crippen molar-refractivity contribution in [3.05, 3.63) is 104 Å². The lowest BCUT2D eigenvalue weighted by molar-refractivity contribution is 0.613. The monoisotopic (exact) mass is 416 g/mol. The van der Waals surface area contributed by atoms with E-state index in [0.29, 0.717) is 33.1 Å². The van der Waals surface area contributed by atoms with Gasteiger partial charge >= 0.3 is 0 Å². The summed E-state index contributed by atoms with van der Waals surface area (Å²) in [6.45, 7) is 0. The molecule has 5 rings (SSSR count). The molecular formula is C23H14F2N4O2. The lowest BCUT2D eigenvalue weighted by Crippen LogP contribution is -2.11. The highest BCUT2D eigenvalue weighted by Crippen LogP contribution is 2.23. The largest absolute Gasteiger partial charge is 0.306 e. The highest BCUT2D eigenvalue weighted by molar-refractivity contribution is 5.83. The number of fused-ring (bicyclic) bond motifs is 2. The Hall–Kier alpha value is -4.20. The molecular weight excluding hydrogens is 402 g/mol. The molecule has 6 nitrogen and oxygen atoms in total. The van der Waals surface area contributed by atoms with Crippen LogP contribution in [0.4, 0.5) is 8.78 Å². The number of hydrogen-bond acceptors (Lipinski definition) is 4. The zero-order valence-corrected chi connectivity index (χ0v) is 15.9. The average molecular weight is 416 g/mol. The maximum atomic E-state index is 14.9. The zero-order valence-electron chi connectivity index (χ0n) is 15.9. The normalized spacial score (nSPS) is 11.3. The molecule has 0 aliphatic rings. The SMILES string of the molecule is O=c1[nH]c(-c2ccc(Cc3n[nH]c(=O)c4ccccc34)c(F)c2)nc2ccc(F)cc12. The molecule has 2 heterocycles. The summed E-state index contributed by atoms with van der Waals surface area (Å²) >= 11 is 0. The standard InChI is InChI=1S/C23H14F2N4O2/c24-14-7-8-19-17(11-14)22(30)27-21(26-19)13-6-5-12(18(25)9-13)10-20-15-3-1-2-4-16(15)23(31)29-28-20/h1-9,11H,10H2,(H,29,31)(H,26,27,30). The second-order valence-electron chi connectivity index (χ2n) is 7.10. The summed E-state index contributed by atoms with van der Waals surface area (Å²) in [5, 5.41) is 7.79. The first-order valence-electron chi connectivity index (χ1n) is 9.44. The summed E-state index contributed by atoms with van der Waals surface area (Å²) in [5.74, 6) is -0.857. The molecule has 0 fully saturated rings. The van der Waals surface area contributed by atoms with Crippen molar-refractivity contribution in [2.45, 2.75) is 6.42 Å². The fraction of sp³-hybridized carbons (Fsp3) is 0.0435. The topological polar surface area (TPSA) is 91.5 Å². The molecule has 0 saturated heterocycles.